The van der Waals surface area contributed by atoms with Crippen LogP contribution in [0.5, 0.6) is 0 Å². The second-order valence-corrected chi connectivity index (χ2v) is 20.0. The van der Waals surface area contributed by atoms with Gasteiger partial charge in [0, 0.05) is 37.0 Å². The second-order valence-electron chi connectivity index (χ2n) is 20.0. The van der Waals surface area contributed by atoms with Crippen LogP contribution in [0.2, 0.25) is 0 Å². The average molecular weight is 698 g/mol. The van der Waals surface area contributed by atoms with Gasteiger partial charge in [0.2, 0.25) is 5.91 Å². The van der Waals surface area contributed by atoms with Crippen LogP contribution in [0.15, 0.2) is 11.6 Å². The van der Waals surface area contributed by atoms with Gasteiger partial charge in [0.15, 0.2) is 0 Å². The Hall–Kier alpha value is -1.40. The van der Waals surface area contributed by atoms with Crippen molar-refractivity contribution in [3.8, 4) is 0 Å². The molecular formula is C44H79N3O3. The Morgan fingerprint density at radius 2 is 1.62 bits per heavy atom. The van der Waals surface area contributed by atoms with Crippen LogP contribution in [-0.2, 0) is 14.3 Å². The van der Waals surface area contributed by atoms with E-state index < -0.39 is 0 Å². The van der Waals surface area contributed by atoms with E-state index in [1.807, 2.05) is 32.6 Å². The number of hydrogen-bond acceptors (Lipinski definition) is 5. The Morgan fingerprint density at radius 1 is 0.920 bits per heavy atom. The summed E-state index contributed by atoms with van der Waals surface area (Å²) < 4.78 is 6.09. The molecule has 0 aliphatic heterocycles. The van der Waals surface area contributed by atoms with E-state index in [1.54, 1.807) is 5.57 Å². The van der Waals surface area contributed by atoms with Crippen LogP contribution in [0.1, 0.15) is 172 Å². The minimum atomic E-state index is -0.352. The van der Waals surface area contributed by atoms with Crippen LogP contribution < -0.4 is 11.5 Å². The van der Waals surface area contributed by atoms with Gasteiger partial charge in [-0.3, -0.25) is 9.59 Å². The summed E-state index contributed by atoms with van der Waals surface area (Å²) >= 11 is 0. The largest absolute Gasteiger partial charge is 0.462 e. The molecule has 0 aromatic heterocycles. The topological polar surface area (TPSA) is 98.7 Å². The summed E-state index contributed by atoms with van der Waals surface area (Å²) in [5.41, 5.74) is 14.1. The smallest absolute Gasteiger partial charge is 0.306 e. The Bertz CT molecular complexity index is 1170. The van der Waals surface area contributed by atoms with Crippen LogP contribution in [-0.4, -0.2) is 47.0 Å². The number of esters is 1. The van der Waals surface area contributed by atoms with Gasteiger partial charge < -0.3 is 21.1 Å². The van der Waals surface area contributed by atoms with Crippen LogP contribution in [0.3, 0.4) is 0 Å². The molecule has 4 aliphatic carbocycles. The van der Waals surface area contributed by atoms with Gasteiger partial charge in [-0.25, -0.2) is 0 Å². The molecule has 4 aliphatic rings. The highest BCUT2D eigenvalue weighted by Crippen LogP contribution is 2.67. The molecule has 0 heterocycles. The highest BCUT2D eigenvalue weighted by atomic mass is 16.5. The van der Waals surface area contributed by atoms with Gasteiger partial charge in [-0.15, -0.1) is 0 Å². The van der Waals surface area contributed by atoms with Crippen molar-refractivity contribution in [3.05, 3.63) is 11.6 Å². The lowest BCUT2D eigenvalue weighted by Crippen LogP contribution is -2.51. The van der Waals surface area contributed by atoms with E-state index in [0.29, 0.717) is 24.9 Å². The van der Waals surface area contributed by atoms with Gasteiger partial charge in [0.05, 0.1) is 6.42 Å². The third-order valence-electron chi connectivity index (χ3n) is 14.7. The first-order chi connectivity index (χ1) is 23.3. The number of hydrogen-bond donors (Lipinski definition) is 2. The van der Waals surface area contributed by atoms with E-state index in [0.717, 1.165) is 73.5 Å². The molecule has 0 aromatic rings. The molecule has 0 aromatic carbocycles. The van der Waals surface area contributed by atoms with Gasteiger partial charge in [-0.1, -0.05) is 66.0 Å². The Morgan fingerprint density at radius 3 is 2.26 bits per heavy atom. The third-order valence-corrected chi connectivity index (χ3v) is 14.7. The monoisotopic (exact) mass is 698 g/mol. The fourth-order valence-electron chi connectivity index (χ4n) is 11.5. The fraction of sp³-hybridized carbons (Fsp3) is 0.909. The highest BCUT2D eigenvalue weighted by Gasteiger charge is 2.59. The molecule has 4 N–H and O–H groups in total. The first-order valence-electron chi connectivity index (χ1n) is 21.0. The van der Waals surface area contributed by atoms with E-state index in [9.17, 15) is 9.59 Å². The van der Waals surface area contributed by atoms with E-state index in [-0.39, 0.29) is 47.3 Å². The van der Waals surface area contributed by atoms with Crippen LogP contribution in [0, 0.1) is 52.3 Å². The first-order valence-corrected chi connectivity index (χ1v) is 21.0. The quantitative estimate of drug-likeness (QED) is 0.116. The van der Waals surface area contributed by atoms with E-state index in [4.69, 9.17) is 16.2 Å². The molecule has 288 valence electrons. The summed E-state index contributed by atoms with van der Waals surface area (Å²) in [6, 6.07) is 0. The summed E-state index contributed by atoms with van der Waals surface area (Å²) in [4.78, 5) is 28.2. The number of amides is 1. The van der Waals surface area contributed by atoms with Gasteiger partial charge >= 0.3 is 5.97 Å². The van der Waals surface area contributed by atoms with E-state index in [2.05, 4.69) is 47.6 Å². The Labute approximate surface area is 308 Å². The zero-order valence-corrected chi connectivity index (χ0v) is 34.3. The molecule has 0 spiro atoms. The lowest BCUT2D eigenvalue weighted by atomic mass is 9.47. The summed E-state index contributed by atoms with van der Waals surface area (Å²) in [7, 11) is 0. The standard InChI is InChI=1S/C44H79N3O3/c1-11-32(30(2)3)14-13-31(4)36-17-18-37-35-16-15-33-29-34(21-24-43(33,9)38(35)22-25-44(36,37)10)50-40(49)20-19-39(48)47(28-26-42(7,8)46)27-12-23-41(5,6)45/h15,30-32,34-38H,11-14,16-29,45-46H2,1-10H3/t31-,32-,34?,35?,36?,37?,38?,43?,44?/m1/s1. The molecule has 3 saturated carbocycles. The maximum atomic E-state index is 13.3. The molecule has 6 nitrogen and oxygen atoms in total. The van der Waals surface area contributed by atoms with Crippen molar-refractivity contribution in [2.24, 2.45) is 63.7 Å². The van der Waals surface area contributed by atoms with Gasteiger partial charge in [-0.05, 0) is 151 Å². The van der Waals surface area contributed by atoms with Crippen molar-refractivity contribution in [1.82, 2.24) is 4.90 Å². The number of nitrogens with zero attached hydrogens (tertiary/aromatic N) is 1. The van der Waals surface area contributed by atoms with E-state index in [1.165, 1.54) is 51.4 Å². The third kappa shape index (κ3) is 10.2. The first kappa shape index (κ1) is 41.4. The molecular weight excluding hydrogens is 619 g/mol. The van der Waals surface area contributed by atoms with Crippen molar-refractivity contribution in [3.63, 3.8) is 0 Å². The van der Waals surface area contributed by atoms with Gasteiger partial charge in [0.25, 0.3) is 0 Å². The lowest BCUT2D eigenvalue weighted by Gasteiger charge is -2.58. The van der Waals surface area contributed by atoms with Crippen molar-refractivity contribution in [2.45, 2.75) is 189 Å². The molecule has 1 amide bonds. The Kier molecular flexibility index (Phi) is 13.8. The molecule has 0 radical (unpaired) electrons. The maximum Gasteiger partial charge on any atom is 0.306 e. The zero-order valence-electron chi connectivity index (χ0n) is 34.3. The number of carbonyl (C=O) groups excluding carboxylic acids is 2. The molecule has 0 bridgehead atoms. The molecule has 4 rings (SSSR count). The normalized spacial score (nSPS) is 32.4. The molecule has 3 fully saturated rings. The highest BCUT2D eigenvalue weighted by molar-refractivity contribution is 5.81. The summed E-state index contributed by atoms with van der Waals surface area (Å²) in [6.07, 6.45) is 19.0. The lowest BCUT2D eigenvalue weighted by molar-refractivity contribution is -0.153. The second kappa shape index (κ2) is 16.7. The molecule has 7 unspecified atom stereocenters. The fourth-order valence-corrected chi connectivity index (χ4v) is 11.5. The van der Waals surface area contributed by atoms with Crippen LogP contribution in [0.25, 0.3) is 0 Å². The molecule has 0 saturated heterocycles. The van der Waals surface area contributed by atoms with E-state index >= 15 is 0 Å². The van der Waals surface area contributed by atoms with Crippen molar-refractivity contribution in [2.75, 3.05) is 13.1 Å². The minimum Gasteiger partial charge on any atom is -0.462 e. The SMILES string of the molecule is CC[C@H](CC[C@@H](C)C1CCC2C3CC=C4CC(OC(=O)CCC(=O)N(CCCC(C)(C)N)CCC(C)(C)N)CCC4(C)C3CCC21C)C(C)C. The average Bonchev–Trinajstić information content (AvgIpc) is 3.38. The number of carbonyl (C=O) groups is 2. The Balaban J connectivity index is 1.30. The molecule has 50 heavy (non-hydrogen) atoms. The number of nitrogens with two attached hydrogens (primary N) is 2. The van der Waals surface area contributed by atoms with Crippen molar-refractivity contribution >= 4 is 11.9 Å². The summed E-state index contributed by atoms with van der Waals surface area (Å²) in [6.45, 7) is 24.2. The molecule has 9 atom stereocenters. The van der Waals surface area contributed by atoms with Crippen molar-refractivity contribution in [1.29, 1.82) is 0 Å². The number of allylic oxidation sites excluding steroid dienone is 1. The molecule has 6 heteroatoms. The summed E-state index contributed by atoms with van der Waals surface area (Å²) in [5, 5.41) is 0. The summed E-state index contributed by atoms with van der Waals surface area (Å²) in [5.74, 6) is 5.53. The number of fused-ring (bicyclic) bond motifs is 5. The van der Waals surface area contributed by atoms with Gasteiger partial charge in [-0.2, -0.15) is 0 Å². The maximum absolute atomic E-state index is 13.3. The predicted octanol–water partition coefficient (Wildman–Crippen LogP) is 9.83. The predicted molar refractivity (Wildman–Crippen MR) is 208 cm³/mol. The van der Waals surface area contributed by atoms with Gasteiger partial charge in [0.1, 0.15) is 6.10 Å². The minimum absolute atomic E-state index is 0.00633. The number of ether oxygens (including phenoxy) is 1. The van der Waals surface area contributed by atoms with Crippen molar-refractivity contribution < 1.29 is 14.3 Å². The number of rotatable bonds is 17. The zero-order chi connectivity index (χ0) is 37.1. The van der Waals surface area contributed by atoms with Crippen LogP contribution >= 0.6 is 0 Å². The van der Waals surface area contributed by atoms with Crippen LogP contribution in [0.4, 0.5) is 0 Å².